The highest BCUT2D eigenvalue weighted by Crippen LogP contribution is 2.12. The van der Waals surface area contributed by atoms with Crippen LogP contribution >= 0.6 is 31.9 Å². The van der Waals surface area contributed by atoms with Crippen LogP contribution in [0.3, 0.4) is 0 Å². The van der Waals surface area contributed by atoms with Crippen LogP contribution in [0.5, 0.6) is 0 Å². The van der Waals surface area contributed by atoms with Crippen molar-refractivity contribution < 1.29 is 4.79 Å². The fourth-order valence-corrected chi connectivity index (χ4v) is 2.80. The average Bonchev–Trinajstić information content (AvgIpc) is 2.45. The van der Waals surface area contributed by atoms with Gasteiger partial charge in [-0.15, -0.1) is 0 Å². The lowest BCUT2D eigenvalue weighted by Crippen LogP contribution is -2.36. The van der Waals surface area contributed by atoms with Crippen LogP contribution in [0.15, 0.2) is 57.5 Å². The van der Waals surface area contributed by atoms with E-state index in [0.717, 1.165) is 20.9 Å². The summed E-state index contributed by atoms with van der Waals surface area (Å²) in [5.41, 5.74) is 2.25. The van der Waals surface area contributed by atoms with Crippen molar-refractivity contribution in [1.82, 2.24) is 10.6 Å². The number of rotatable bonds is 5. The van der Waals surface area contributed by atoms with E-state index in [9.17, 15) is 4.79 Å². The maximum Gasteiger partial charge on any atom is 0.315 e. The first-order valence-electron chi connectivity index (χ1n) is 6.64. The molecule has 0 aliphatic rings. The molecule has 0 aromatic heterocycles. The van der Waals surface area contributed by atoms with Crippen molar-refractivity contribution in [3.63, 3.8) is 0 Å². The first-order valence-corrected chi connectivity index (χ1v) is 8.23. The van der Waals surface area contributed by atoms with E-state index in [2.05, 4.69) is 48.6 Å². The normalized spacial score (nSPS) is 10.2. The molecule has 2 amide bonds. The molecule has 110 valence electrons. The van der Waals surface area contributed by atoms with Crippen molar-refractivity contribution in [2.75, 3.05) is 6.54 Å². The summed E-state index contributed by atoms with van der Waals surface area (Å²) in [5, 5.41) is 5.70. The lowest BCUT2D eigenvalue weighted by atomic mass is 10.1. The number of halogens is 2. The number of amides is 2. The molecular weight excluding hydrogens is 396 g/mol. The number of nitrogens with one attached hydrogen (secondary N) is 2. The number of hydrogen-bond donors (Lipinski definition) is 2. The molecule has 3 nitrogen and oxygen atoms in total. The Hall–Kier alpha value is -1.33. The van der Waals surface area contributed by atoms with Crippen molar-refractivity contribution in [2.45, 2.75) is 13.0 Å². The molecule has 5 heteroatoms. The Morgan fingerprint density at radius 1 is 0.905 bits per heavy atom. The topological polar surface area (TPSA) is 41.1 Å². The molecule has 2 aromatic rings. The van der Waals surface area contributed by atoms with E-state index in [0.29, 0.717) is 13.1 Å². The summed E-state index contributed by atoms with van der Waals surface area (Å²) in [4.78, 5) is 11.7. The monoisotopic (exact) mass is 410 g/mol. The van der Waals surface area contributed by atoms with Gasteiger partial charge < -0.3 is 10.6 Å². The highest BCUT2D eigenvalue weighted by atomic mass is 79.9. The van der Waals surface area contributed by atoms with Crippen LogP contribution in [0.4, 0.5) is 4.79 Å². The fraction of sp³-hybridized carbons (Fsp3) is 0.188. The van der Waals surface area contributed by atoms with Gasteiger partial charge in [0.05, 0.1) is 0 Å². The van der Waals surface area contributed by atoms with Gasteiger partial charge in [-0.25, -0.2) is 4.79 Å². The van der Waals surface area contributed by atoms with Crippen LogP contribution < -0.4 is 10.6 Å². The molecule has 2 rings (SSSR count). The molecule has 0 unspecified atom stereocenters. The van der Waals surface area contributed by atoms with E-state index in [4.69, 9.17) is 0 Å². The van der Waals surface area contributed by atoms with E-state index >= 15 is 0 Å². The van der Waals surface area contributed by atoms with E-state index in [-0.39, 0.29) is 6.03 Å². The minimum atomic E-state index is -0.148. The highest BCUT2D eigenvalue weighted by molar-refractivity contribution is 9.10. The van der Waals surface area contributed by atoms with Crippen LogP contribution in [0.1, 0.15) is 11.1 Å². The van der Waals surface area contributed by atoms with Gasteiger partial charge >= 0.3 is 6.03 Å². The van der Waals surface area contributed by atoms with Crippen LogP contribution in [-0.2, 0) is 13.0 Å². The van der Waals surface area contributed by atoms with Gasteiger partial charge in [0, 0.05) is 22.0 Å². The van der Waals surface area contributed by atoms with E-state index in [1.807, 2.05) is 42.5 Å². The predicted molar refractivity (Wildman–Crippen MR) is 92.2 cm³/mol. The maximum atomic E-state index is 11.7. The molecule has 0 atom stereocenters. The zero-order valence-electron chi connectivity index (χ0n) is 11.4. The smallest absolute Gasteiger partial charge is 0.315 e. The Balaban J connectivity index is 1.70. The highest BCUT2D eigenvalue weighted by Gasteiger charge is 2.01. The SMILES string of the molecule is O=C(NCCc1cccc(Br)c1)NCc1cccc(Br)c1. The number of carbonyl (C=O) groups excluding carboxylic acids is 1. The van der Waals surface area contributed by atoms with Gasteiger partial charge in [-0.3, -0.25) is 0 Å². The predicted octanol–water partition coefficient (Wildman–Crippen LogP) is 4.25. The molecule has 0 spiro atoms. The van der Waals surface area contributed by atoms with Gasteiger partial charge in [-0.1, -0.05) is 56.1 Å². The second kappa shape index (κ2) is 8.20. The van der Waals surface area contributed by atoms with Crippen molar-refractivity contribution in [3.8, 4) is 0 Å². The Morgan fingerprint density at radius 3 is 2.19 bits per heavy atom. The number of urea groups is 1. The molecule has 0 radical (unpaired) electrons. The van der Waals surface area contributed by atoms with E-state index < -0.39 is 0 Å². The first kappa shape index (κ1) is 16.0. The summed E-state index contributed by atoms with van der Waals surface area (Å²) < 4.78 is 2.07. The number of carbonyl (C=O) groups is 1. The summed E-state index contributed by atoms with van der Waals surface area (Å²) in [6, 6.07) is 15.8. The number of benzene rings is 2. The van der Waals surface area contributed by atoms with E-state index in [1.165, 1.54) is 5.56 Å². The van der Waals surface area contributed by atoms with Crippen LogP contribution in [0, 0.1) is 0 Å². The van der Waals surface area contributed by atoms with Gasteiger partial charge in [-0.2, -0.15) is 0 Å². The Bertz CT molecular complexity index is 617. The molecule has 2 aromatic carbocycles. The van der Waals surface area contributed by atoms with Crippen LogP contribution in [-0.4, -0.2) is 12.6 Å². The second-order valence-electron chi connectivity index (χ2n) is 4.62. The molecule has 2 N–H and O–H groups in total. The molecule has 0 aliphatic carbocycles. The van der Waals surface area contributed by atoms with Crippen molar-refractivity contribution in [1.29, 1.82) is 0 Å². The Morgan fingerprint density at radius 2 is 1.52 bits per heavy atom. The van der Waals surface area contributed by atoms with Gasteiger partial charge in [0.1, 0.15) is 0 Å². The maximum absolute atomic E-state index is 11.7. The van der Waals surface area contributed by atoms with Crippen molar-refractivity contribution in [3.05, 3.63) is 68.6 Å². The third kappa shape index (κ3) is 5.89. The molecule has 0 saturated carbocycles. The minimum absolute atomic E-state index is 0.148. The van der Waals surface area contributed by atoms with E-state index in [1.54, 1.807) is 0 Å². The largest absolute Gasteiger partial charge is 0.338 e. The molecule has 0 heterocycles. The van der Waals surface area contributed by atoms with Crippen molar-refractivity contribution in [2.24, 2.45) is 0 Å². The number of hydrogen-bond acceptors (Lipinski definition) is 1. The average molecular weight is 412 g/mol. The first-order chi connectivity index (χ1) is 10.1. The standard InChI is InChI=1S/C16H16Br2N2O/c17-14-5-1-3-12(9-14)7-8-19-16(21)20-11-13-4-2-6-15(18)10-13/h1-6,9-10H,7-8,11H2,(H2,19,20,21). The third-order valence-electron chi connectivity index (χ3n) is 2.93. The molecule has 21 heavy (non-hydrogen) atoms. The zero-order valence-corrected chi connectivity index (χ0v) is 14.6. The molecule has 0 aliphatic heterocycles. The lowest BCUT2D eigenvalue weighted by Gasteiger charge is -2.08. The van der Waals surface area contributed by atoms with Crippen molar-refractivity contribution >= 4 is 37.9 Å². The Kier molecular flexibility index (Phi) is 6.26. The molecular formula is C16H16Br2N2O. The summed E-state index contributed by atoms with van der Waals surface area (Å²) in [5.74, 6) is 0. The minimum Gasteiger partial charge on any atom is -0.338 e. The lowest BCUT2D eigenvalue weighted by molar-refractivity contribution is 0.240. The third-order valence-corrected chi connectivity index (χ3v) is 3.92. The summed E-state index contributed by atoms with van der Waals surface area (Å²) in [6.07, 6.45) is 0.809. The second-order valence-corrected chi connectivity index (χ2v) is 6.45. The molecule has 0 bridgehead atoms. The fourth-order valence-electron chi connectivity index (χ4n) is 1.90. The summed E-state index contributed by atoms with van der Waals surface area (Å²) in [7, 11) is 0. The van der Waals surface area contributed by atoms with Gasteiger partial charge in [0.2, 0.25) is 0 Å². The summed E-state index contributed by atoms with van der Waals surface area (Å²) in [6.45, 7) is 1.13. The quantitative estimate of drug-likeness (QED) is 0.758. The van der Waals surface area contributed by atoms with Crippen LogP contribution in [0.2, 0.25) is 0 Å². The van der Waals surface area contributed by atoms with Gasteiger partial charge in [-0.05, 0) is 41.8 Å². The van der Waals surface area contributed by atoms with Crippen LogP contribution in [0.25, 0.3) is 0 Å². The zero-order chi connectivity index (χ0) is 15.1. The summed E-state index contributed by atoms with van der Waals surface area (Å²) >= 11 is 6.85. The molecule has 0 saturated heterocycles. The molecule has 0 fully saturated rings. The Labute approximate surface area is 141 Å². The van der Waals surface area contributed by atoms with Gasteiger partial charge in [0.15, 0.2) is 0 Å². The van der Waals surface area contributed by atoms with Gasteiger partial charge in [0.25, 0.3) is 0 Å².